The first-order valence-corrected chi connectivity index (χ1v) is 13.1. The molecule has 5 rings (SSSR count). The molecule has 34 heavy (non-hydrogen) atoms. The standard InChI is InChI=1S/C27H26N2O3S2/c1-4-16-10-12-22(33-16)21-14-19(17-7-5-6-8-20(17)28-21)25(30)29-26-24(27(31)32-3)18-11-9-15(2)13-23(18)34-26/h5-8,10,12,14-15H,4,9,11,13H2,1-3H3,(H,29,30). The van der Waals surface area contributed by atoms with Gasteiger partial charge in [0.15, 0.2) is 0 Å². The van der Waals surface area contributed by atoms with Crippen molar-refractivity contribution >= 4 is 50.5 Å². The fraction of sp³-hybridized carbons (Fsp3) is 0.296. The van der Waals surface area contributed by atoms with Gasteiger partial charge in [0.1, 0.15) is 5.00 Å². The Morgan fingerprint density at radius 3 is 2.76 bits per heavy atom. The Morgan fingerprint density at radius 2 is 2.00 bits per heavy atom. The molecule has 1 atom stereocenters. The number of ether oxygens (including phenoxy) is 1. The van der Waals surface area contributed by atoms with Crippen LogP contribution in [-0.2, 0) is 24.0 Å². The molecule has 0 bridgehead atoms. The van der Waals surface area contributed by atoms with E-state index in [0.29, 0.717) is 22.0 Å². The molecule has 174 valence electrons. The minimum absolute atomic E-state index is 0.246. The fourth-order valence-corrected chi connectivity index (χ4v) is 6.82. The second-order valence-electron chi connectivity index (χ2n) is 8.69. The number of carbonyl (C=O) groups excluding carboxylic acids is 2. The van der Waals surface area contributed by atoms with Gasteiger partial charge in [-0.1, -0.05) is 32.0 Å². The number of amides is 1. The molecule has 1 N–H and O–H groups in total. The zero-order valence-electron chi connectivity index (χ0n) is 19.4. The van der Waals surface area contributed by atoms with Crippen LogP contribution in [0.5, 0.6) is 0 Å². The number of thiophene rings is 2. The van der Waals surface area contributed by atoms with Crippen molar-refractivity contribution in [1.29, 1.82) is 0 Å². The van der Waals surface area contributed by atoms with Crippen LogP contribution in [0.3, 0.4) is 0 Å². The summed E-state index contributed by atoms with van der Waals surface area (Å²) in [5.74, 6) is -0.0806. The number of rotatable bonds is 5. The summed E-state index contributed by atoms with van der Waals surface area (Å²) in [7, 11) is 1.39. The molecule has 1 amide bonds. The van der Waals surface area contributed by atoms with Gasteiger partial charge >= 0.3 is 5.97 Å². The van der Waals surface area contributed by atoms with Crippen LogP contribution in [0.2, 0.25) is 0 Å². The number of anilines is 1. The van der Waals surface area contributed by atoms with Gasteiger partial charge in [0.2, 0.25) is 0 Å². The van der Waals surface area contributed by atoms with Crippen LogP contribution in [0, 0.1) is 5.92 Å². The summed E-state index contributed by atoms with van der Waals surface area (Å²) in [6.07, 6.45) is 3.73. The highest BCUT2D eigenvalue weighted by atomic mass is 32.1. The number of nitrogens with zero attached hydrogens (tertiary/aromatic N) is 1. The predicted octanol–water partition coefficient (Wildman–Crippen LogP) is 6.75. The summed E-state index contributed by atoms with van der Waals surface area (Å²) in [6, 6.07) is 13.7. The Balaban J connectivity index is 1.57. The minimum Gasteiger partial charge on any atom is -0.465 e. The topological polar surface area (TPSA) is 68.3 Å². The van der Waals surface area contributed by atoms with E-state index in [1.807, 2.05) is 30.3 Å². The lowest BCUT2D eigenvalue weighted by Crippen LogP contribution is -2.16. The van der Waals surface area contributed by atoms with Crippen molar-refractivity contribution in [2.45, 2.75) is 39.5 Å². The number of methoxy groups -OCH3 is 1. The number of carbonyl (C=O) groups is 2. The Labute approximate surface area is 206 Å². The second kappa shape index (κ2) is 9.31. The number of pyridine rings is 1. The molecule has 1 aliphatic rings. The summed E-state index contributed by atoms with van der Waals surface area (Å²) in [5.41, 5.74) is 3.62. The maximum absolute atomic E-state index is 13.6. The molecule has 0 saturated heterocycles. The summed E-state index contributed by atoms with van der Waals surface area (Å²) in [5, 5.41) is 4.41. The van der Waals surface area contributed by atoms with Crippen LogP contribution in [0.4, 0.5) is 5.00 Å². The average Bonchev–Trinajstić information content (AvgIpc) is 3.47. The molecular formula is C27H26N2O3S2. The van der Waals surface area contributed by atoms with Crippen LogP contribution < -0.4 is 5.32 Å². The third-order valence-corrected chi connectivity index (χ3v) is 8.77. The third-order valence-electron chi connectivity index (χ3n) is 6.35. The molecule has 0 fully saturated rings. The van der Waals surface area contributed by atoms with Crippen LogP contribution in [0.15, 0.2) is 42.5 Å². The Hall–Kier alpha value is -3.03. The largest absolute Gasteiger partial charge is 0.465 e. The molecule has 0 spiro atoms. The van der Waals surface area contributed by atoms with E-state index < -0.39 is 5.97 Å². The van der Waals surface area contributed by atoms with Crippen LogP contribution in [0.1, 0.15) is 56.3 Å². The molecular weight excluding hydrogens is 464 g/mol. The first-order chi connectivity index (χ1) is 16.5. The van der Waals surface area contributed by atoms with Gasteiger partial charge in [0, 0.05) is 15.1 Å². The molecule has 4 aromatic rings. The quantitative estimate of drug-likeness (QED) is 0.314. The number of para-hydroxylation sites is 1. The van der Waals surface area contributed by atoms with Crippen molar-refractivity contribution in [1.82, 2.24) is 4.98 Å². The van der Waals surface area contributed by atoms with E-state index >= 15 is 0 Å². The van der Waals surface area contributed by atoms with E-state index in [0.717, 1.165) is 52.7 Å². The van der Waals surface area contributed by atoms with Gasteiger partial charge < -0.3 is 10.1 Å². The third kappa shape index (κ3) is 4.14. The van der Waals surface area contributed by atoms with E-state index in [1.165, 1.54) is 28.2 Å². The number of fused-ring (bicyclic) bond motifs is 2. The Morgan fingerprint density at radius 1 is 1.18 bits per heavy atom. The minimum atomic E-state index is -0.395. The monoisotopic (exact) mass is 490 g/mol. The highest BCUT2D eigenvalue weighted by molar-refractivity contribution is 7.17. The van der Waals surface area contributed by atoms with E-state index in [9.17, 15) is 9.59 Å². The van der Waals surface area contributed by atoms with Crippen molar-refractivity contribution in [3.05, 3.63) is 68.9 Å². The zero-order chi connectivity index (χ0) is 23.8. The maximum atomic E-state index is 13.6. The summed E-state index contributed by atoms with van der Waals surface area (Å²) >= 11 is 3.19. The smallest absolute Gasteiger partial charge is 0.341 e. The normalized spacial score (nSPS) is 15.2. The molecule has 7 heteroatoms. The summed E-state index contributed by atoms with van der Waals surface area (Å²) in [4.78, 5) is 34.6. The van der Waals surface area contributed by atoms with Gasteiger partial charge in [-0.25, -0.2) is 9.78 Å². The maximum Gasteiger partial charge on any atom is 0.341 e. The molecule has 5 nitrogen and oxygen atoms in total. The van der Waals surface area contributed by atoms with E-state index in [-0.39, 0.29) is 5.91 Å². The van der Waals surface area contributed by atoms with Crippen LogP contribution in [0.25, 0.3) is 21.5 Å². The highest BCUT2D eigenvalue weighted by Crippen LogP contribution is 2.40. The van der Waals surface area contributed by atoms with Crippen molar-refractivity contribution in [3.8, 4) is 10.6 Å². The lowest BCUT2D eigenvalue weighted by Gasteiger charge is -2.18. The van der Waals surface area contributed by atoms with Crippen LogP contribution in [-0.4, -0.2) is 24.0 Å². The number of aromatic nitrogens is 1. The molecule has 1 aromatic carbocycles. The van der Waals surface area contributed by atoms with Crippen molar-refractivity contribution in [2.75, 3.05) is 12.4 Å². The molecule has 3 heterocycles. The Bertz CT molecular complexity index is 1400. The van der Waals surface area contributed by atoms with Crippen molar-refractivity contribution < 1.29 is 14.3 Å². The van der Waals surface area contributed by atoms with Gasteiger partial charge in [0.05, 0.1) is 34.3 Å². The number of esters is 1. The molecule has 0 aliphatic heterocycles. The first-order valence-electron chi connectivity index (χ1n) is 11.5. The van der Waals surface area contributed by atoms with Crippen molar-refractivity contribution in [3.63, 3.8) is 0 Å². The number of benzene rings is 1. The first kappa shape index (κ1) is 22.7. The fourth-order valence-electron chi connectivity index (χ4n) is 4.52. The molecule has 1 unspecified atom stereocenters. The number of aryl methyl sites for hydroxylation is 1. The highest BCUT2D eigenvalue weighted by Gasteiger charge is 2.29. The SMILES string of the molecule is CCc1ccc(-c2cc(C(=O)Nc3sc4c(c3C(=O)OC)CCC(C)C4)c3ccccc3n2)s1. The van der Waals surface area contributed by atoms with E-state index in [2.05, 4.69) is 31.3 Å². The molecule has 0 saturated carbocycles. The molecule has 3 aromatic heterocycles. The second-order valence-corrected chi connectivity index (χ2v) is 11.0. The lowest BCUT2D eigenvalue weighted by atomic mass is 9.88. The van der Waals surface area contributed by atoms with Crippen molar-refractivity contribution in [2.24, 2.45) is 5.92 Å². The zero-order valence-corrected chi connectivity index (χ0v) is 21.1. The summed E-state index contributed by atoms with van der Waals surface area (Å²) < 4.78 is 5.08. The van der Waals surface area contributed by atoms with Gasteiger partial charge in [-0.3, -0.25) is 4.79 Å². The molecule has 0 radical (unpaired) electrons. The summed E-state index contributed by atoms with van der Waals surface area (Å²) in [6.45, 7) is 4.35. The number of hydrogen-bond acceptors (Lipinski definition) is 6. The van der Waals surface area contributed by atoms with Gasteiger partial charge in [0.25, 0.3) is 5.91 Å². The van der Waals surface area contributed by atoms with E-state index in [1.54, 1.807) is 11.3 Å². The Kier molecular flexibility index (Phi) is 6.23. The molecule has 1 aliphatic carbocycles. The number of hydrogen-bond donors (Lipinski definition) is 1. The van der Waals surface area contributed by atoms with E-state index in [4.69, 9.17) is 9.72 Å². The number of nitrogens with one attached hydrogen (secondary N) is 1. The van der Waals surface area contributed by atoms with Gasteiger partial charge in [-0.2, -0.15) is 0 Å². The predicted molar refractivity (Wildman–Crippen MR) is 139 cm³/mol. The van der Waals surface area contributed by atoms with Gasteiger partial charge in [-0.05, 0) is 61.4 Å². The van der Waals surface area contributed by atoms with Crippen LogP contribution >= 0.6 is 22.7 Å². The lowest BCUT2D eigenvalue weighted by molar-refractivity contribution is 0.0601. The van der Waals surface area contributed by atoms with Gasteiger partial charge in [-0.15, -0.1) is 22.7 Å². The average molecular weight is 491 g/mol.